The van der Waals surface area contributed by atoms with Gasteiger partial charge in [-0.1, -0.05) is 42.8 Å². The Morgan fingerprint density at radius 3 is 2.52 bits per heavy atom. The van der Waals surface area contributed by atoms with Crippen LogP contribution in [-0.2, 0) is 14.1 Å². The summed E-state index contributed by atoms with van der Waals surface area (Å²) >= 11 is 6.05. The molecule has 2 aromatic carbocycles. The minimum absolute atomic E-state index is 0.0489. The highest BCUT2D eigenvalue weighted by Gasteiger charge is 2.18. The standard InChI is InChI=1S/C21H27ClNO5P/c1-4-19(24)14-26-29(23-13-21(25)27-15(2)3)28-20-10-8-16(9-11-20)17-6-5-7-18(22)12-17/h5-12,15,19,23-24H,4,13-14H2,1-3H3. The van der Waals surface area contributed by atoms with Gasteiger partial charge in [-0.15, -0.1) is 0 Å². The fourth-order valence-electron chi connectivity index (χ4n) is 2.28. The second-order valence-corrected chi connectivity index (χ2v) is 8.32. The molecule has 2 rings (SSSR count). The monoisotopic (exact) mass is 439 g/mol. The Balaban J connectivity index is 2.01. The Morgan fingerprint density at radius 2 is 1.90 bits per heavy atom. The molecule has 6 nitrogen and oxygen atoms in total. The highest BCUT2D eigenvalue weighted by molar-refractivity contribution is 7.45. The van der Waals surface area contributed by atoms with Crippen molar-refractivity contribution in [3.8, 4) is 16.9 Å². The summed E-state index contributed by atoms with van der Waals surface area (Å²) in [6.07, 6.45) is -0.232. The van der Waals surface area contributed by atoms with Crippen molar-refractivity contribution in [1.29, 1.82) is 0 Å². The zero-order valence-corrected chi connectivity index (χ0v) is 18.5. The lowest BCUT2D eigenvalue weighted by Crippen LogP contribution is -2.26. The van der Waals surface area contributed by atoms with E-state index in [1.54, 1.807) is 13.8 Å². The second kappa shape index (κ2) is 12.1. The van der Waals surface area contributed by atoms with Gasteiger partial charge in [0.1, 0.15) is 12.3 Å². The van der Waals surface area contributed by atoms with Gasteiger partial charge in [0.05, 0.1) is 18.8 Å². The van der Waals surface area contributed by atoms with Gasteiger partial charge >= 0.3 is 14.5 Å². The summed E-state index contributed by atoms with van der Waals surface area (Å²) in [7, 11) is -1.63. The molecule has 0 bridgehead atoms. The summed E-state index contributed by atoms with van der Waals surface area (Å²) in [6, 6.07) is 15.1. The second-order valence-electron chi connectivity index (χ2n) is 6.61. The zero-order chi connectivity index (χ0) is 21.2. The van der Waals surface area contributed by atoms with Crippen molar-refractivity contribution in [1.82, 2.24) is 5.09 Å². The lowest BCUT2D eigenvalue weighted by atomic mass is 10.1. The largest absolute Gasteiger partial charge is 0.462 e. The van der Waals surface area contributed by atoms with Gasteiger partial charge in [0.25, 0.3) is 0 Å². The number of hydrogen-bond acceptors (Lipinski definition) is 6. The Kier molecular flexibility index (Phi) is 9.85. The highest BCUT2D eigenvalue weighted by Crippen LogP contribution is 2.36. The number of rotatable bonds is 11. The Hall–Kier alpha value is -1.69. The Bertz CT molecular complexity index is 772. The van der Waals surface area contributed by atoms with Crippen LogP contribution in [0.1, 0.15) is 27.2 Å². The minimum Gasteiger partial charge on any atom is -0.462 e. The molecule has 0 amide bonds. The van der Waals surface area contributed by atoms with Crippen LogP contribution in [-0.4, -0.2) is 36.4 Å². The quantitative estimate of drug-likeness (QED) is 0.381. The molecule has 0 aliphatic heterocycles. The molecule has 2 N–H and O–H groups in total. The van der Waals surface area contributed by atoms with Crippen LogP contribution < -0.4 is 9.61 Å². The molecule has 2 unspecified atom stereocenters. The first-order valence-corrected chi connectivity index (χ1v) is 11.0. The van der Waals surface area contributed by atoms with E-state index in [1.807, 2.05) is 55.5 Å². The Morgan fingerprint density at radius 1 is 1.17 bits per heavy atom. The topological polar surface area (TPSA) is 77.0 Å². The van der Waals surface area contributed by atoms with Crippen LogP contribution in [0.5, 0.6) is 5.75 Å². The third kappa shape index (κ3) is 8.69. The summed E-state index contributed by atoms with van der Waals surface area (Å²) in [5.41, 5.74) is 2.00. The van der Waals surface area contributed by atoms with Gasteiger partial charge in [-0.25, -0.2) is 5.09 Å². The SMILES string of the molecule is CCC(O)COP(NCC(=O)OC(C)C)Oc1ccc(-c2cccc(Cl)c2)cc1. The lowest BCUT2D eigenvalue weighted by molar-refractivity contribution is -0.145. The number of carbonyl (C=O) groups excluding carboxylic acids is 1. The van der Waals surface area contributed by atoms with Crippen LogP contribution in [0.25, 0.3) is 11.1 Å². The number of aliphatic hydroxyl groups excluding tert-OH is 1. The van der Waals surface area contributed by atoms with Gasteiger partial charge in [0, 0.05) is 5.02 Å². The summed E-state index contributed by atoms with van der Waals surface area (Å²) in [5.74, 6) is 0.185. The van der Waals surface area contributed by atoms with Gasteiger partial charge in [-0.2, -0.15) is 0 Å². The van der Waals surface area contributed by atoms with Crippen molar-refractivity contribution in [2.45, 2.75) is 39.4 Å². The van der Waals surface area contributed by atoms with Crippen LogP contribution in [0, 0.1) is 0 Å². The van der Waals surface area contributed by atoms with Crippen LogP contribution in [0.15, 0.2) is 48.5 Å². The van der Waals surface area contributed by atoms with Crippen molar-refractivity contribution in [3.63, 3.8) is 0 Å². The van der Waals surface area contributed by atoms with Gasteiger partial charge in [0.2, 0.25) is 0 Å². The van der Waals surface area contributed by atoms with E-state index in [9.17, 15) is 9.90 Å². The molecular weight excluding hydrogens is 413 g/mol. The smallest absolute Gasteiger partial charge is 0.320 e. The van der Waals surface area contributed by atoms with Crippen molar-refractivity contribution in [2.75, 3.05) is 13.2 Å². The molecule has 0 saturated carbocycles. The normalized spacial score (nSPS) is 13.2. The van der Waals surface area contributed by atoms with Crippen LogP contribution >= 0.6 is 20.1 Å². The van der Waals surface area contributed by atoms with Crippen molar-refractivity contribution >= 4 is 26.1 Å². The van der Waals surface area contributed by atoms with E-state index in [0.29, 0.717) is 17.2 Å². The van der Waals surface area contributed by atoms with E-state index in [2.05, 4.69) is 5.09 Å². The molecule has 0 spiro atoms. The Labute approximate surface area is 178 Å². The maximum Gasteiger partial charge on any atom is 0.320 e. The molecule has 8 heteroatoms. The number of ether oxygens (including phenoxy) is 1. The number of esters is 1. The summed E-state index contributed by atoms with van der Waals surface area (Å²) in [5, 5.41) is 13.4. The van der Waals surface area contributed by atoms with Crippen LogP contribution in [0.4, 0.5) is 0 Å². The molecule has 29 heavy (non-hydrogen) atoms. The predicted molar refractivity (Wildman–Crippen MR) is 116 cm³/mol. The van der Waals surface area contributed by atoms with Crippen LogP contribution in [0.2, 0.25) is 5.02 Å². The fraction of sp³-hybridized carbons (Fsp3) is 0.381. The predicted octanol–water partition coefficient (Wildman–Crippen LogP) is 4.94. The first-order valence-electron chi connectivity index (χ1n) is 9.45. The molecule has 0 radical (unpaired) electrons. The van der Waals surface area contributed by atoms with Gasteiger partial charge < -0.3 is 18.9 Å². The fourth-order valence-corrected chi connectivity index (χ4v) is 3.56. The molecule has 0 aromatic heterocycles. The molecule has 0 aliphatic rings. The van der Waals surface area contributed by atoms with Crippen molar-refractivity contribution in [3.05, 3.63) is 53.6 Å². The van der Waals surface area contributed by atoms with E-state index in [0.717, 1.165) is 11.1 Å². The van der Waals surface area contributed by atoms with Gasteiger partial charge in [0.15, 0.2) is 0 Å². The number of hydrogen-bond donors (Lipinski definition) is 2. The highest BCUT2D eigenvalue weighted by atomic mass is 35.5. The average Bonchev–Trinajstić information content (AvgIpc) is 2.69. The van der Waals surface area contributed by atoms with Gasteiger partial charge in [-0.3, -0.25) is 4.79 Å². The number of aliphatic hydroxyl groups is 1. The lowest BCUT2D eigenvalue weighted by Gasteiger charge is -2.20. The molecule has 0 saturated heterocycles. The van der Waals surface area contributed by atoms with E-state index in [4.69, 9.17) is 25.4 Å². The molecule has 2 atom stereocenters. The molecule has 0 aliphatic carbocycles. The van der Waals surface area contributed by atoms with E-state index < -0.39 is 20.6 Å². The van der Waals surface area contributed by atoms with E-state index in [1.165, 1.54) is 0 Å². The third-order valence-electron chi connectivity index (χ3n) is 3.78. The molecular formula is C21H27ClNO5P. The maximum absolute atomic E-state index is 11.8. The van der Waals surface area contributed by atoms with E-state index in [-0.39, 0.29) is 19.3 Å². The van der Waals surface area contributed by atoms with E-state index >= 15 is 0 Å². The van der Waals surface area contributed by atoms with Crippen molar-refractivity contribution < 1.29 is 23.7 Å². The number of halogens is 1. The first kappa shape index (κ1) is 23.6. The first-order chi connectivity index (χ1) is 13.9. The van der Waals surface area contributed by atoms with Crippen molar-refractivity contribution in [2.24, 2.45) is 0 Å². The number of carbonyl (C=O) groups is 1. The minimum atomic E-state index is -1.63. The average molecular weight is 440 g/mol. The third-order valence-corrected chi connectivity index (χ3v) is 5.19. The molecule has 0 fully saturated rings. The van der Waals surface area contributed by atoms with Crippen LogP contribution in [0.3, 0.4) is 0 Å². The summed E-state index contributed by atoms with van der Waals surface area (Å²) in [6.45, 7) is 5.49. The van der Waals surface area contributed by atoms with Gasteiger partial charge in [-0.05, 0) is 55.7 Å². The molecule has 158 valence electrons. The zero-order valence-electron chi connectivity index (χ0n) is 16.8. The molecule has 0 heterocycles. The number of nitrogens with one attached hydrogen (secondary N) is 1. The maximum atomic E-state index is 11.8. The summed E-state index contributed by atoms with van der Waals surface area (Å²) in [4.78, 5) is 11.8. The number of benzene rings is 2. The summed E-state index contributed by atoms with van der Waals surface area (Å²) < 4.78 is 16.6. The molecule has 2 aromatic rings.